The summed E-state index contributed by atoms with van der Waals surface area (Å²) in [6.45, 7) is 2.20. The van der Waals surface area contributed by atoms with E-state index in [-0.39, 0.29) is 30.4 Å². The Labute approximate surface area is 148 Å². The van der Waals surface area contributed by atoms with Gasteiger partial charge in [0.1, 0.15) is 0 Å². The van der Waals surface area contributed by atoms with Gasteiger partial charge in [-0.3, -0.25) is 9.59 Å². The summed E-state index contributed by atoms with van der Waals surface area (Å²) in [7, 11) is 0. The number of benzene rings is 1. The van der Waals surface area contributed by atoms with Crippen molar-refractivity contribution >= 4 is 11.9 Å². The van der Waals surface area contributed by atoms with Gasteiger partial charge in [0.25, 0.3) is 0 Å². The second-order valence-electron chi connectivity index (χ2n) is 6.99. The first kappa shape index (κ1) is 17.7. The number of carbonyl (C=O) groups excluding carboxylic acids is 1. The van der Waals surface area contributed by atoms with Crippen LogP contribution in [0.2, 0.25) is 0 Å². The summed E-state index contributed by atoms with van der Waals surface area (Å²) < 4.78 is 0. The van der Waals surface area contributed by atoms with Gasteiger partial charge >= 0.3 is 5.97 Å². The number of likely N-dealkylation sites (N-methyl/N-ethyl adjacent to an activating group) is 1. The Morgan fingerprint density at radius 2 is 1.80 bits per heavy atom. The molecule has 1 aromatic carbocycles. The van der Waals surface area contributed by atoms with Gasteiger partial charge in [0.2, 0.25) is 5.91 Å². The van der Waals surface area contributed by atoms with E-state index in [1.165, 1.54) is 0 Å². The normalized spacial score (nSPS) is 28.1. The lowest BCUT2D eigenvalue weighted by Gasteiger charge is -2.35. The number of hydrogen-bond donors (Lipinski definition) is 2. The van der Waals surface area contributed by atoms with Crippen LogP contribution in [0.25, 0.3) is 0 Å². The molecular formula is C20H25NO4. The zero-order chi connectivity index (χ0) is 18.0. The van der Waals surface area contributed by atoms with Gasteiger partial charge in [0.15, 0.2) is 0 Å². The number of carboxylic acid groups (broad SMARTS) is 1. The summed E-state index contributed by atoms with van der Waals surface area (Å²) in [6, 6.07) is 9.41. The molecule has 2 aliphatic carbocycles. The summed E-state index contributed by atoms with van der Waals surface area (Å²) in [5.74, 6) is -2.23. The number of aliphatic hydroxyl groups is 1. The van der Waals surface area contributed by atoms with E-state index < -0.39 is 17.8 Å². The fraction of sp³-hybridized carbons (Fsp3) is 0.500. The molecule has 2 aliphatic rings. The third-order valence-electron chi connectivity index (χ3n) is 5.62. The number of allylic oxidation sites excluding steroid dienone is 2. The van der Waals surface area contributed by atoms with E-state index in [9.17, 15) is 19.8 Å². The average Bonchev–Trinajstić information content (AvgIpc) is 3.23. The molecule has 5 heteroatoms. The molecule has 1 amide bonds. The number of aliphatic carboxylic acids is 1. The Balaban J connectivity index is 1.80. The molecule has 0 aliphatic heterocycles. The van der Waals surface area contributed by atoms with Crippen LogP contribution in [-0.2, 0) is 16.0 Å². The number of carboxylic acids is 1. The standard InChI is InChI=1S/C20H25NO4/c1-2-21(16(12-22)10-13-6-4-3-5-7-13)19(23)17-14-8-9-15(11-14)18(17)20(24)25/h3-9,14-18,22H,2,10-12H2,1H3,(H,24,25). The van der Waals surface area contributed by atoms with Crippen LogP contribution in [0.3, 0.4) is 0 Å². The fourth-order valence-electron chi connectivity index (χ4n) is 4.44. The van der Waals surface area contributed by atoms with Gasteiger partial charge in [0.05, 0.1) is 24.5 Å². The van der Waals surface area contributed by atoms with E-state index in [1.54, 1.807) is 4.90 Å². The SMILES string of the molecule is CCN(C(=O)C1C2C=CC(C2)C1C(=O)O)C(CO)Cc1ccccc1. The Bertz CT molecular complexity index is 657. The third-order valence-corrected chi connectivity index (χ3v) is 5.62. The molecule has 1 aromatic rings. The second kappa shape index (κ2) is 7.40. The van der Waals surface area contributed by atoms with Gasteiger partial charge in [-0.05, 0) is 37.2 Å². The van der Waals surface area contributed by atoms with Crippen molar-refractivity contribution < 1.29 is 19.8 Å². The highest BCUT2D eigenvalue weighted by Crippen LogP contribution is 2.49. The van der Waals surface area contributed by atoms with E-state index >= 15 is 0 Å². The zero-order valence-electron chi connectivity index (χ0n) is 14.4. The Kier molecular flexibility index (Phi) is 5.23. The highest BCUT2D eigenvalue weighted by atomic mass is 16.4. The molecule has 0 spiro atoms. The molecule has 2 N–H and O–H groups in total. The number of fused-ring (bicyclic) bond motifs is 2. The van der Waals surface area contributed by atoms with Crippen LogP contribution in [-0.4, -0.2) is 46.2 Å². The smallest absolute Gasteiger partial charge is 0.307 e. The number of carbonyl (C=O) groups is 2. The first-order valence-electron chi connectivity index (χ1n) is 8.93. The Hall–Kier alpha value is -2.14. The van der Waals surface area contributed by atoms with E-state index in [2.05, 4.69) is 0 Å². The Morgan fingerprint density at radius 3 is 2.36 bits per heavy atom. The number of amides is 1. The highest BCUT2D eigenvalue weighted by molar-refractivity contribution is 5.87. The molecule has 0 radical (unpaired) electrons. The minimum atomic E-state index is -0.894. The molecule has 0 aromatic heterocycles. The van der Waals surface area contributed by atoms with Gasteiger partial charge in [-0.15, -0.1) is 0 Å². The maximum absolute atomic E-state index is 13.2. The average molecular weight is 343 g/mol. The molecule has 5 atom stereocenters. The molecule has 3 rings (SSSR count). The Morgan fingerprint density at radius 1 is 1.16 bits per heavy atom. The summed E-state index contributed by atoms with van der Waals surface area (Å²) >= 11 is 0. The third kappa shape index (κ3) is 3.33. The summed E-state index contributed by atoms with van der Waals surface area (Å²) in [4.78, 5) is 26.6. The minimum absolute atomic E-state index is 0.00344. The van der Waals surface area contributed by atoms with E-state index in [1.807, 2.05) is 49.4 Å². The van der Waals surface area contributed by atoms with Crippen molar-refractivity contribution in [1.82, 2.24) is 4.90 Å². The van der Waals surface area contributed by atoms with Crippen LogP contribution in [0.1, 0.15) is 18.9 Å². The summed E-state index contributed by atoms with van der Waals surface area (Å²) in [5.41, 5.74) is 1.05. The number of aliphatic hydroxyl groups excluding tert-OH is 1. The maximum Gasteiger partial charge on any atom is 0.307 e. The van der Waals surface area contributed by atoms with E-state index in [0.717, 1.165) is 12.0 Å². The molecule has 1 fully saturated rings. The van der Waals surface area contributed by atoms with Crippen molar-refractivity contribution in [1.29, 1.82) is 0 Å². The van der Waals surface area contributed by atoms with Gasteiger partial charge in [0, 0.05) is 6.54 Å². The maximum atomic E-state index is 13.2. The highest BCUT2D eigenvalue weighted by Gasteiger charge is 2.52. The van der Waals surface area contributed by atoms with Gasteiger partial charge < -0.3 is 15.1 Å². The van der Waals surface area contributed by atoms with Crippen molar-refractivity contribution in [2.24, 2.45) is 23.7 Å². The van der Waals surface area contributed by atoms with Gasteiger partial charge in [-0.2, -0.15) is 0 Å². The molecule has 0 heterocycles. The minimum Gasteiger partial charge on any atom is -0.481 e. The quantitative estimate of drug-likeness (QED) is 0.742. The van der Waals surface area contributed by atoms with Crippen LogP contribution in [0.4, 0.5) is 0 Å². The number of hydrogen-bond acceptors (Lipinski definition) is 3. The van der Waals surface area contributed by atoms with E-state index in [4.69, 9.17) is 0 Å². The zero-order valence-corrected chi connectivity index (χ0v) is 14.4. The lowest BCUT2D eigenvalue weighted by atomic mass is 9.81. The van der Waals surface area contributed by atoms with Crippen LogP contribution in [0, 0.1) is 23.7 Å². The molecule has 25 heavy (non-hydrogen) atoms. The molecular weight excluding hydrogens is 318 g/mol. The molecule has 1 saturated carbocycles. The second-order valence-corrected chi connectivity index (χ2v) is 6.99. The lowest BCUT2D eigenvalue weighted by molar-refractivity contribution is -0.152. The van der Waals surface area contributed by atoms with Crippen LogP contribution in [0.15, 0.2) is 42.5 Å². The van der Waals surface area contributed by atoms with Crippen LogP contribution >= 0.6 is 0 Å². The van der Waals surface area contributed by atoms with Crippen molar-refractivity contribution in [2.45, 2.75) is 25.8 Å². The van der Waals surface area contributed by atoms with Gasteiger partial charge in [-0.1, -0.05) is 42.5 Å². The largest absolute Gasteiger partial charge is 0.481 e. The van der Waals surface area contributed by atoms with Crippen molar-refractivity contribution in [3.05, 3.63) is 48.0 Å². The predicted octanol–water partition coefficient (Wildman–Crippen LogP) is 1.96. The lowest BCUT2D eigenvalue weighted by Crippen LogP contribution is -2.49. The van der Waals surface area contributed by atoms with Crippen molar-refractivity contribution in [3.63, 3.8) is 0 Å². The van der Waals surface area contributed by atoms with Crippen LogP contribution < -0.4 is 0 Å². The van der Waals surface area contributed by atoms with Gasteiger partial charge in [-0.25, -0.2) is 0 Å². The number of nitrogens with zero attached hydrogens (tertiary/aromatic N) is 1. The molecule has 5 nitrogen and oxygen atoms in total. The first-order valence-corrected chi connectivity index (χ1v) is 8.93. The molecule has 2 bridgehead atoms. The number of rotatable bonds is 7. The molecule has 134 valence electrons. The van der Waals surface area contributed by atoms with E-state index in [0.29, 0.717) is 13.0 Å². The summed E-state index contributed by atoms with van der Waals surface area (Å²) in [6.07, 6.45) is 5.24. The van der Waals surface area contributed by atoms with Crippen molar-refractivity contribution in [3.8, 4) is 0 Å². The topological polar surface area (TPSA) is 77.8 Å². The molecule has 5 unspecified atom stereocenters. The summed E-state index contributed by atoms with van der Waals surface area (Å²) in [5, 5.41) is 19.4. The monoisotopic (exact) mass is 343 g/mol. The molecule has 0 saturated heterocycles. The first-order chi connectivity index (χ1) is 12.1. The predicted molar refractivity (Wildman–Crippen MR) is 93.8 cm³/mol. The fourth-order valence-corrected chi connectivity index (χ4v) is 4.44. The van der Waals surface area contributed by atoms with Crippen LogP contribution in [0.5, 0.6) is 0 Å². The van der Waals surface area contributed by atoms with Crippen molar-refractivity contribution in [2.75, 3.05) is 13.2 Å².